The van der Waals surface area contributed by atoms with Crippen LogP contribution < -0.4 is 10.6 Å². The topological polar surface area (TPSA) is 70.6 Å². The Morgan fingerprint density at radius 1 is 1.18 bits per heavy atom. The molecular weight excluding hydrogens is 391 g/mol. The Morgan fingerprint density at radius 2 is 1.89 bits per heavy atom. The van der Waals surface area contributed by atoms with Crippen LogP contribution in [0.5, 0.6) is 0 Å². The van der Waals surface area contributed by atoms with Crippen molar-refractivity contribution in [3.63, 3.8) is 0 Å². The van der Waals surface area contributed by atoms with Gasteiger partial charge in [0.05, 0.1) is 16.2 Å². The van der Waals surface area contributed by atoms with Gasteiger partial charge in [-0.05, 0) is 53.7 Å². The van der Waals surface area contributed by atoms with E-state index >= 15 is 0 Å². The molecular formula is C19H14F3N3O2S. The number of amidine groups is 1. The Kier molecular flexibility index (Phi) is 5.55. The number of rotatable bonds is 3. The van der Waals surface area contributed by atoms with Gasteiger partial charge >= 0.3 is 6.18 Å². The van der Waals surface area contributed by atoms with E-state index in [1.54, 1.807) is 30.3 Å². The van der Waals surface area contributed by atoms with Crippen LogP contribution in [-0.4, -0.2) is 17.0 Å². The van der Waals surface area contributed by atoms with Gasteiger partial charge in [-0.25, -0.2) is 4.99 Å². The van der Waals surface area contributed by atoms with Gasteiger partial charge in [0.1, 0.15) is 0 Å². The molecule has 9 heteroatoms. The van der Waals surface area contributed by atoms with Crippen LogP contribution in [0.25, 0.3) is 6.08 Å². The van der Waals surface area contributed by atoms with Crippen LogP contribution in [0.4, 0.5) is 24.5 Å². The minimum atomic E-state index is -4.46. The fourth-order valence-electron chi connectivity index (χ4n) is 2.37. The number of anilines is 1. The molecule has 28 heavy (non-hydrogen) atoms. The molecule has 0 radical (unpaired) electrons. The minimum Gasteiger partial charge on any atom is -0.326 e. The Hall–Kier alpha value is -3.07. The monoisotopic (exact) mass is 405 g/mol. The second-order valence-electron chi connectivity index (χ2n) is 5.83. The summed E-state index contributed by atoms with van der Waals surface area (Å²) in [6.07, 6.45) is -2.83. The molecule has 1 aliphatic rings. The summed E-state index contributed by atoms with van der Waals surface area (Å²) in [7, 11) is 0. The smallest absolute Gasteiger partial charge is 0.326 e. The van der Waals surface area contributed by atoms with Gasteiger partial charge < -0.3 is 10.6 Å². The number of amides is 2. The van der Waals surface area contributed by atoms with E-state index in [-0.39, 0.29) is 22.7 Å². The molecule has 2 amide bonds. The molecule has 3 rings (SSSR count). The highest BCUT2D eigenvalue weighted by Crippen LogP contribution is 2.33. The molecule has 144 valence electrons. The van der Waals surface area contributed by atoms with E-state index in [1.165, 1.54) is 19.1 Å². The predicted octanol–water partition coefficient (Wildman–Crippen LogP) is 4.56. The molecule has 0 unspecified atom stereocenters. The Morgan fingerprint density at radius 3 is 2.54 bits per heavy atom. The van der Waals surface area contributed by atoms with Crippen LogP contribution in [0.2, 0.25) is 0 Å². The lowest BCUT2D eigenvalue weighted by molar-refractivity contribution is -0.137. The third-order valence-corrected chi connectivity index (χ3v) is 4.49. The summed E-state index contributed by atoms with van der Waals surface area (Å²) in [6, 6.07) is 11.4. The predicted molar refractivity (Wildman–Crippen MR) is 103 cm³/mol. The molecule has 1 fully saturated rings. The third kappa shape index (κ3) is 5.01. The standard InChI is InChI=1S/C19H14F3N3O2S/c1-11(26)23-14-7-5-12(6-8-14)9-16-17(27)25-18(28-16)24-15-4-2-3-13(10-15)19(20,21)22/h2-10H,1H3,(H,23,26)(H,24,25,27). The summed E-state index contributed by atoms with van der Waals surface area (Å²) in [5, 5.41) is 5.38. The molecule has 2 aromatic rings. The lowest BCUT2D eigenvalue weighted by Crippen LogP contribution is -2.19. The number of carbonyl (C=O) groups excluding carboxylic acids is 2. The molecule has 0 bridgehead atoms. The molecule has 0 aliphatic carbocycles. The summed E-state index contributed by atoms with van der Waals surface area (Å²) in [5.74, 6) is -0.575. The van der Waals surface area contributed by atoms with Crippen molar-refractivity contribution in [2.75, 3.05) is 5.32 Å². The van der Waals surface area contributed by atoms with Crippen LogP contribution in [0.15, 0.2) is 58.4 Å². The highest BCUT2D eigenvalue weighted by Gasteiger charge is 2.30. The number of hydrogen-bond acceptors (Lipinski definition) is 4. The molecule has 2 N–H and O–H groups in total. The molecule has 0 spiro atoms. The molecule has 1 heterocycles. The van der Waals surface area contributed by atoms with E-state index < -0.39 is 11.7 Å². The maximum atomic E-state index is 12.8. The van der Waals surface area contributed by atoms with E-state index in [9.17, 15) is 22.8 Å². The number of alkyl halides is 3. The van der Waals surface area contributed by atoms with Crippen molar-refractivity contribution in [3.8, 4) is 0 Å². The van der Waals surface area contributed by atoms with Crippen LogP contribution in [0.3, 0.4) is 0 Å². The van der Waals surface area contributed by atoms with E-state index in [4.69, 9.17) is 0 Å². The van der Waals surface area contributed by atoms with Gasteiger partial charge in [0, 0.05) is 12.6 Å². The second kappa shape index (κ2) is 7.89. The van der Waals surface area contributed by atoms with E-state index in [1.807, 2.05) is 0 Å². The fraction of sp³-hybridized carbons (Fsp3) is 0.105. The quantitative estimate of drug-likeness (QED) is 0.736. The molecule has 2 aromatic carbocycles. The molecule has 5 nitrogen and oxygen atoms in total. The first-order valence-electron chi connectivity index (χ1n) is 8.05. The van der Waals surface area contributed by atoms with Crippen LogP contribution >= 0.6 is 11.8 Å². The first kappa shape index (κ1) is 19.7. The highest BCUT2D eigenvalue weighted by molar-refractivity contribution is 8.18. The average molecular weight is 405 g/mol. The van der Waals surface area contributed by atoms with Gasteiger partial charge in [0.2, 0.25) is 5.91 Å². The summed E-state index contributed by atoms with van der Waals surface area (Å²) >= 11 is 1.04. The number of aliphatic imine (C=N–C) groups is 1. The highest BCUT2D eigenvalue weighted by atomic mass is 32.2. The maximum Gasteiger partial charge on any atom is 0.416 e. The van der Waals surface area contributed by atoms with Crippen molar-refractivity contribution < 1.29 is 22.8 Å². The Bertz CT molecular complexity index is 983. The van der Waals surface area contributed by atoms with E-state index in [0.717, 1.165) is 29.5 Å². The Balaban J connectivity index is 1.77. The van der Waals surface area contributed by atoms with Crippen molar-refractivity contribution in [1.29, 1.82) is 0 Å². The number of halogens is 3. The van der Waals surface area contributed by atoms with E-state index in [0.29, 0.717) is 10.6 Å². The second-order valence-corrected chi connectivity index (χ2v) is 6.86. The first-order chi connectivity index (χ1) is 13.2. The Labute approximate surface area is 162 Å². The number of thioether (sulfide) groups is 1. The van der Waals surface area contributed by atoms with Gasteiger partial charge in [-0.15, -0.1) is 0 Å². The van der Waals surface area contributed by atoms with Gasteiger partial charge in [0.25, 0.3) is 5.91 Å². The van der Waals surface area contributed by atoms with Crippen molar-refractivity contribution in [1.82, 2.24) is 5.32 Å². The minimum absolute atomic E-state index is 0.0959. The summed E-state index contributed by atoms with van der Waals surface area (Å²) in [4.78, 5) is 27.6. The molecule has 0 saturated carbocycles. The number of hydrogen-bond donors (Lipinski definition) is 2. The van der Waals surface area contributed by atoms with Crippen LogP contribution in [-0.2, 0) is 15.8 Å². The van der Waals surface area contributed by atoms with Gasteiger partial charge in [0.15, 0.2) is 5.17 Å². The van der Waals surface area contributed by atoms with Crippen LogP contribution in [0, 0.1) is 0 Å². The van der Waals surface area contributed by atoms with Gasteiger partial charge in [-0.2, -0.15) is 13.2 Å². The van der Waals surface area contributed by atoms with Crippen molar-refractivity contribution in [3.05, 3.63) is 64.6 Å². The molecule has 0 atom stereocenters. The lowest BCUT2D eigenvalue weighted by Gasteiger charge is -2.06. The largest absolute Gasteiger partial charge is 0.416 e. The zero-order valence-corrected chi connectivity index (χ0v) is 15.3. The van der Waals surface area contributed by atoms with E-state index in [2.05, 4.69) is 15.6 Å². The lowest BCUT2D eigenvalue weighted by atomic mass is 10.2. The number of nitrogens with zero attached hydrogens (tertiary/aromatic N) is 1. The van der Waals surface area contributed by atoms with Crippen molar-refractivity contribution >= 4 is 46.2 Å². The molecule has 1 aliphatic heterocycles. The number of nitrogens with one attached hydrogen (secondary N) is 2. The summed E-state index contributed by atoms with van der Waals surface area (Å²) in [5.41, 5.74) is 0.647. The number of carbonyl (C=O) groups is 2. The number of benzene rings is 2. The van der Waals surface area contributed by atoms with Crippen LogP contribution in [0.1, 0.15) is 18.1 Å². The SMILES string of the molecule is CC(=O)Nc1ccc(C=C2SC(=Nc3cccc(C(F)(F)F)c3)NC2=O)cc1. The van der Waals surface area contributed by atoms with Gasteiger partial charge in [-0.3, -0.25) is 9.59 Å². The molecule has 1 saturated heterocycles. The van der Waals surface area contributed by atoms with Crippen molar-refractivity contribution in [2.24, 2.45) is 4.99 Å². The maximum absolute atomic E-state index is 12.8. The summed E-state index contributed by atoms with van der Waals surface area (Å²) in [6.45, 7) is 1.40. The third-order valence-electron chi connectivity index (χ3n) is 3.58. The first-order valence-corrected chi connectivity index (χ1v) is 8.87. The van der Waals surface area contributed by atoms with Crippen molar-refractivity contribution in [2.45, 2.75) is 13.1 Å². The van der Waals surface area contributed by atoms with Gasteiger partial charge in [-0.1, -0.05) is 18.2 Å². The summed E-state index contributed by atoms with van der Waals surface area (Å²) < 4.78 is 38.4. The fourth-order valence-corrected chi connectivity index (χ4v) is 3.21. The normalized spacial score (nSPS) is 17.1. The zero-order valence-electron chi connectivity index (χ0n) is 14.5. The molecule has 0 aromatic heterocycles. The average Bonchev–Trinajstić information content (AvgIpc) is 2.95. The zero-order chi connectivity index (χ0) is 20.3.